The van der Waals surface area contributed by atoms with E-state index in [4.69, 9.17) is 76.3 Å². The number of likely N-dealkylation sites (tertiary alicyclic amines) is 5. The molecule has 7 amide bonds. The smallest absolute Gasteiger partial charge is 0.457 e. The Hall–Kier alpha value is -11.6. The van der Waals surface area contributed by atoms with Gasteiger partial charge in [0.1, 0.15) is 63.3 Å². The molecule has 0 bridgehead atoms. The minimum Gasteiger partial charge on any atom is -0.457 e. The molecule has 7 fully saturated rings. The number of carbonyl (C=O) groups excluding carboxylic acids is 11. The fourth-order valence-electron chi connectivity index (χ4n) is 19.2. The van der Waals surface area contributed by atoms with E-state index in [1.807, 2.05) is 45.9 Å². The quantitative estimate of drug-likeness (QED) is 0.0199. The van der Waals surface area contributed by atoms with E-state index >= 15 is 0 Å². The van der Waals surface area contributed by atoms with E-state index in [9.17, 15) is 75.5 Å². The number of nitrogens with one attached hydrogen (secondary N) is 2. The Labute approximate surface area is 804 Å². The lowest BCUT2D eigenvalue weighted by molar-refractivity contribution is -0.185. The van der Waals surface area contributed by atoms with Gasteiger partial charge in [-0.25, -0.2) is 43.6 Å². The number of rotatable bonds is 28. The Balaban J connectivity index is 0.000000224. The Kier molecular flexibility index (Phi) is 36.9. The number of aromatic nitrogens is 4. The van der Waals surface area contributed by atoms with Gasteiger partial charge in [-0.3, -0.25) is 33.6 Å². The number of nitrogens with zero attached hydrogens (tertiary/aromatic N) is 9. The number of halogens is 3. The molecule has 0 saturated carbocycles. The molecule has 7 saturated heterocycles. The van der Waals surface area contributed by atoms with Crippen LogP contribution in [0.1, 0.15) is 206 Å². The average molecular weight is 1950 g/mol. The zero-order valence-electron chi connectivity index (χ0n) is 76.5. The number of fused-ring (bicyclic) bond motifs is 10. The number of aryl methyl sites for hydroxylation is 2. The molecule has 2 N–H and O–H groups in total. The van der Waals surface area contributed by atoms with Crippen molar-refractivity contribution in [3.8, 4) is 34.3 Å². The number of amides is 7. The third-order valence-corrected chi connectivity index (χ3v) is 26.9. The fraction of sp³-hybridized carbons (Fsp3) is 0.602. The molecular formula is C98H130F3N11O27. The van der Waals surface area contributed by atoms with Crippen molar-refractivity contribution in [1.82, 2.24) is 54.2 Å². The van der Waals surface area contributed by atoms with Crippen LogP contribution in [0.4, 0.5) is 32.3 Å². The summed E-state index contributed by atoms with van der Waals surface area (Å²) in [6.07, 6.45) is 4.11. The average Bonchev–Trinajstić information content (AvgIpc) is 1.56. The van der Waals surface area contributed by atoms with Gasteiger partial charge >= 0.3 is 48.5 Å². The second kappa shape index (κ2) is 47.6. The van der Waals surface area contributed by atoms with Crippen molar-refractivity contribution < 1.29 is 132 Å². The highest BCUT2D eigenvalue weighted by Gasteiger charge is 2.54. The minimum atomic E-state index is -5.02. The number of pyridine rings is 4. The first-order valence-electron chi connectivity index (χ1n) is 46.6. The summed E-state index contributed by atoms with van der Waals surface area (Å²) in [5, 5.41) is 5.94. The van der Waals surface area contributed by atoms with E-state index in [1.54, 1.807) is 68.4 Å². The van der Waals surface area contributed by atoms with Crippen molar-refractivity contribution in [3.63, 3.8) is 0 Å². The van der Waals surface area contributed by atoms with Crippen molar-refractivity contribution in [2.75, 3.05) is 132 Å². The second-order valence-electron chi connectivity index (χ2n) is 34.9. The second-order valence-corrected chi connectivity index (χ2v) is 34.9. The molecule has 17 rings (SSSR count). The van der Waals surface area contributed by atoms with Crippen molar-refractivity contribution >= 4 is 87.8 Å². The number of imide groups is 3. The normalized spacial score (nSPS) is 21.4. The highest BCUT2D eigenvalue weighted by molar-refractivity contribution is 6.15. The van der Waals surface area contributed by atoms with Gasteiger partial charge in [-0.1, -0.05) is 70.2 Å². The van der Waals surface area contributed by atoms with E-state index in [1.165, 1.54) is 38.5 Å². The summed E-state index contributed by atoms with van der Waals surface area (Å²) in [5.41, 5.74) is 2.73. The number of hydrogen-bond acceptors (Lipinski definition) is 31. The monoisotopic (exact) mass is 1950 g/mol. The van der Waals surface area contributed by atoms with E-state index in [-0.39, 0.29) is 205 Å². The molecule has 11 aliphatic rings. The zero-order chi connectivity index (χ0) is 95.6. The maximum absolute atomic E-state index is 14.2. The maximum Gasteiger partial charge on any atom is 0.509 e. The molecule has 11 aliphatic heterocycles. The van der Waals surface area contributed by atoms with Gasteiger partial charge in [-0.05, 0) is 177 Å². The third kappa shape index (κ3) is 23.7. The highest BCUT2D eigenvalue weighted by atomic mass is 19.4. The van der Waals surface area contributed by atoms with Gasteiger partial charge in [0, 0.05) is 97.2 Å². The molecule has 139 heavy (non-hydrogen) atoms. The molecule has 38 nitrogen and oxygen atoms in total. The number of benzene rings is 2. The number of piperidine rings is 4. The lowest BCUT2D eigenvalue weighted by Gasteiger charge is -2.39. The van der Waals surface area contributed by atoms with Gasteiger partial charge in [-0.2, -0.15) is 13.2 Å². The van der Waals surface area contributed by atoms with Crippen LogP contribution in [0.2, 0.25) is 0 Å². The van der Waals surface area contributed by atoms with Gasteiger partial charge in [0.05, 0.1) is 110 Å². The van der Waals surface area contributed by atoms with Crippen molar-refractivity contribution in [3.05, 3.63) is 114 Å². The summed E-state index contributed by atoms with van der Waals surface area (Å²) in [5.74, 6) is -4.72. The lowest BCUT2D eigenvalue weighted by atomic mass is 9.85. The number of ether oxygens (including phenoxy) is 14. The molecule has 760 valence electrons. The zero-order valence-corrected chi connectivity index (χ0v) is 76.5. The largest absolute Gasteiger partial charge is 0.509 e. The first kappa shape index (κ1) is 108. The molecular weight excluding hydrogens is 1820 g/mol. The Morgan fingerprint density at radius 1 is 0.504 bits per heavy atom. The van der Waals surface area contributed by atoms with Crippen LogP contribution in [-0.2, 0) is 141 Å². The Bertz CT molecular complexity index is 5610. The number of carbonyl (C=O) groups is 11. The third-order valence-electron chi connectivity index (χ3n) is 26.9. The van der Waals surface area contributed by atoms with E-state index in [2.05, 4.69) is 15.1 Å². The summed E-state index contributed by atoms with van der Waals surface area (Å²) in [6.45, 7) is 17.4. The van der Waals surface area contributed by atoms with Gasteiger partial charge in [0.2, 0.25) is 28.9 Å². The molecule has 4 aromatic heterocycles. The molecule has 0 aliphatic carbocycles. The first-order chi connectivity index (χ1) is 65.0. The van der Waals surface area contributed by atoms with Crippen LogP contribution in [0, 0.1) is 0 Å². The first-order valence-corrected chi connectivity index (χ1v) is 46.6. The van der Waals surface area contributed by atoms with Gasteiger partial charge < -0.3 is 106 Å². The summed E-state index contributed by atoms with van der Waals surface area (Å²) in [7, 11) is 0. The van der Waals surface area contributed by atoms with Crippen LogP contribution < -0.4 is 31.2 Å². The lowest BCUT2D eigenvalue weighted by Crippen LogP contribution is -2.48. The summed E-state index contributed by atoms with van der Waals surface area (Å²) in [4.78, 5) is 184. The van der Waals surface area contributed by atoms with Crippen LogP contribution in [0.15, 0.2) is 58.1 Å². The number of alkyl halides is 3. The molecule has 0 radical (unpaired) electrons. The summed E-state index contributed by atoms with van der Waals surface area (Å²) in [6, 6.07) is 15.0. The standard InChI is InChI=1S/C44H55N5O12.C40H46F3N5O10.C10H13NO5.4CH4/c1-4-30-31-21-29(60-42(53)48-16-11-28(12-17-48)47-14-7-6-8-15-47)9-10-35(31)46-39-32(30)23-49-36(39)22-34-33(40(49)51)24-59-41(52)44(34,5-2)61-43(54)56-20-19-55-18-13-45-38(50)26-58-37-25-57-27(37)3;1-3-26-27-20-25(57-37(52)47-15-10-24(11-16-47)46-13-6-5-7-14-46)8-9-31(27)45-33-28(26)22-48-32(33)21-30-29(34(48)49)23-56-36(51)39(30,4-2)58-38(53)55-19-18-54-17-12-44-35(50)40(41,42)43;1-6-7(4-15-6)16-5-10(14)11-8(12)2-3-9(11)13;;;;/h9-10,21-22,27-28,37H,4-8,11-20,23-26H2,1-3H3,(H,45,50);8-9,20-21,24H,3-7,10-19,22-23H2,1-2H3,(H,44,50);6-7H,2-5H2,1H3;4*1H4/t27?,37?,44-;39-;;;;;/m00...../s1. The fourth-order valence-corrected chi connectivity index (χ4v) is 19.2. The molecule has 41 heteroatoms. The van der Waals surface area contributed by atoms with Crippen LogP contribution >= 0.6 is 0 Å². The SMILES string of the molecule is C.C.C.C.CC1OCC1OCC(=O)N1C(=O)CCC1=O.CCc1c2c(nc3ccc(OC(=O)N4CCC(N5CCCCC5)CC4)cc13)-c1cc3c(c(=O)n1C2)COC(=O)[C@@]3(CC)OC(=O)OCCOCCNC(=O)C(F)(F)F.CCc1c2c(nc3ccc(OC(=O)N4CCC(N5CCCCC5)CC4)cc13)-c1cc3c(c(=O)n1C2)COC(=O)[C@@]3(CC)OC(=O)OCCOCCNC(=O)COC1COC1C. The summed E-state index contributed by atoms with van der Waals surface area (Å²) >= 11 is 0. The summed E-state index contributed by atoms with van der Waals surface area (Å²) < 4.78 is 116. The van der Waals surface area contributed by atoms with Crippen molar-refractivity contribution in [2.24, 2.45) is 0 Å². The Morgan fingerprint density at radius 2 is 0.914 bits per heavy atom. The molecule has 0 spiro atoms. The Morgan fingerprint density at radius 3 is 1.29 bits per heavy atom. The molecule has 15 heterocycles. The predicted octanol–water partition coefficient (Wildman–Crippen LogP) is 11.1. The number of esters is 2. The molecule has 6 atom stereocenters. The van der Waals surface area contributed by atoms with Crippen LogP contribution in [0.3, 0.4) is 0 Å². The minimum absolute atomic E-state index is 0. The van der Waals surface area contributed by atoms with Crippen LogP contribution in [0.25, 0.3) is 44.6 Å². The molecule has 4 unspecified atom stereocenters. The van der Waals surface area contributed by atoms with E-state index < -0.39 is 83.5 Å². The highest BCUT2D eigenvalue weighted by Crippen LogP contribution is 2.46. The van der Waals surface area contributed by atoms with E-state index in [0.717, 1.165) is 84.9 Å². The van der Waals surface area contributed by atoms with Crippen LogP contribution in [-0.4, -0.2) is 284 Å². The topological polar surface area (TPSA) is 427 Å². The molecule has 2 aromatic carbocycles. The van der Waals surface area contributed by atoms with Crippen LogP contribution in [0.5, 0.6) is 11.5 Å². The molecule has 6 aromatic rings. The van der Waals surface area contributed by atoms with Gasteiger partial charge in [-0.15, -0.1) is 0 Å². The van der Waals surface area contributed by atoms with Crippen molar-refractivity contribution in [1.29, 1.82) is 0 Å². The predicted molar refractivity (Wildman–Crippen MR) is 497 cm³/mol. The number of hydrogen-bond donors (Lipinski definition) is 2. The number of cyclic esters (lactones) is 2. The maximum atomic E-state index is 14.2. The van der Waals surface area contributed by atoms with Crippen molar-refractivity contribution in [2.45, 2.75) is 254 Å². The van der Waals surface area contributed by atoms with E-state index in [0.29, 0.717) is 115 Å². The van der Waals surface area contributed by atoms with Gasteiger partial charge in [0.15, 0.2) is 0 Å². The van der Waals surface area contributed by atoms with Gasteiger partial charge in [0.25, 0.3) is 17.0 Å².